The number of epoxide rings is 2. The maximum atomic E-state index is 12.2. The van der Waals surface area contributed by atoms with Crippen molar-refractivity contribution in [3.8, 4) is 0 Å². The van der Waals surface area contributed by atoms with Gasteiger partial charge in [-0.25, -0.2) is 0 Å². The van der Waals surface area contributed by atoms with E-state index in [1.54, 1.807) is 7.11 Å². The molecule has 4 heteroatoms. The molecule has 0 aromatic heterocycles. The van der Waals surface area contributed by atoms with Crippen LogP contribution in [0.2, 0.25) is 0 Å². The minimum absolute atomic E-state index is 0.0541. The molecule has 4 nitrogen and oxygen atoms in total. The predicted octanol–water partition coefficient (Wildman–Crippen LogP) is 2.34. The van der Waals surface area contributed by atoms with Gasteiger partial charge in [-0.05, 0) is 32.1 Å². The minimum Gasteiger partial charge on any atom is -0.373 e. The van der Waals surface area contributed by atoms with Gasteiger partial charge in [-0.2, -0.15) is 0 Å². The van der Waals surface area contributed by atoms with Gasteiger partial charge in [-0.3, -0.25) is 4.79 Å². The molecule has 3 rings (SSSR count). The van der Waals surface area contributed by atoms with Gasteiger partial charge in [-0.1, -0.05) is 13.8 Å². The Balaban J connectivity index is 1.75. The number of Topliss-reactive ketones (excluding diaryl/α,β-unsaturated/α-hetero) is 1. The average molecular weight is 282 g/mol. The van der Waals surface area contributed by atoms with E-state index in [9.17, 15) is 4.79 Å². The topological polar surface area (TPSA) is 51.4 Å². The molecule has 3 aliphatic rings. The Morgan fingerprint density at radius 1 is 1.45 bits per heavy atom. The standard InChI is InChI=1S/C16H26O4/c1-10(2)5-6-12-15(3,20-12)14-13(18-4)11(17)7-8-16(14)9-19-16/h10,12-14H,5-9H2,1-4H3/t12-,13-,14-,15+,16+/m1/s1. The lowest BCUT2D eigenvalue weighted by Gasteiger charge is -2.37. The molecular weight excluding hydrogens is 256 g/mol. The number of rotatable bonds is 5. The molecule has 2 aliphatic heterocycles. The van der Waals surface area contributed by atoms with Crippen molar-refractivity contribution < 1.29 is 19.0 Å². The van der Waals surface area contributed by atoms with Crippen LogP contribution in [0.5, 0.6) is 0 Å². The first-order valence-electron chi connectivity index (χ1n) is 7.80. The zero-order valence-corrected chi connectivity index (χ0v) is 13.0. The number of carbonyl (C=O) groups excluding carboxylic acids is 1. The summed E-state index contributed by atoms with van der Waals surface area (Å²) < 4.78 is 17.3. The lowest BCUT2D eigenvalue weighted by Crippen LogP contribution is -2.53. The van der Waals surface area contributed by atoms with Crippen LogP contribution in [-0.2, 0) is 19.0 Å². The van der Waals surface area contributed by atoms with E-state index in [0.29, 0.717) is 12.3 Å². The number of carbonyl (C=O) groups is 1. The molecule has 0 bridgehead atoms. The van der Waals surface area contributed by atoms with Gasteiger partial charge < -0.3 is 14.2 Å². The molecule has 0 aromatic rings. The Morgan fingerprint density at radius 3 is 2.70 bits per heavy atom. The van der Waals surface area contributed by atoms with E-state index >= 15 is 0 Å². The molecule has 0 radical (unpaired) electrons. The van der Waals surface area contributed by atoms with Crippen molar-refractivity contribution in [1.29, 1.82) is 0 Å². The van der Waals surface area contributed by atoms with Gasteiger partial charge in [0.15, 0.2) is 5.78 Å². The van der Waals surface area contributed by atoms with Crippen molar-refractivity contribution in [3.05, 3.63) is 0 Å². The first kappa shape index (κ1) is 14.5. The van der Waals surface area contributed by atoms with Gasteiger partial charge in [0.25, 0.3) is 0 Å². The summed E-state index contributed by atoms with van der Waals surface area (Å²) in [7, 11) is 1.63. The molecule has 0 aromatic carbocycles. The second kappa shape index (κ2) is 4.79. The van der Waals surface area contributed by atoms with Crippen molar-refractivity contribution in [2.75, 3.05) is 13.7 Å². The van der Waals surface area contributed by atoms with Crippen LogP contribution in [0.4, 0.5) is 0 Å². The molecule has 2 heterocycles. The summed E-state index contributed by atoms with van der Waals surface area (Å²) in [5, 5.41) is 0. The molecule has 2 saturated heterocycles. The van der Waals surface area contributed by atoms with Crippen molar-refractivity contribution in [1.82, 2.24) is 0 Å². The van der Waals surface area contributed by atoms with Crippen LogP contribution in [-0.4, -0.2) is 42.9 Å². The molecule has 114 valence electrons. The molecule has 0 unspecified atom stereocenters. The average Bonchev–Trinajstić information content (AvgIpc) is 3.29. The van der Waals surface area contributed by atoms with E-state index in [0.717, 1.165) is 25.9 Å². The highest BCUT2D eigenvalue weighted by Gasteiger charge is 2.71. The Morgan fingerprint density at radius 2 is 2.15 bits per heavy atom. The summed E-state index contributed by atoms with van der Waals surface area (Å²) in [5.41, 5.74) is -0.405. The zero-order chi connectivity index (χ0) is 14.5. The normalized spacial score (nSPS) is 47.0. The van der Waals surface area contributed by atoms with Crippen LogP contribution in [0.3, 0.4) is 0 Å². The monoisotopic (exact) mass is 282 g/mol. The van der Waals surface area contributed by atoms with Crippen LogP contribution in [0, 0.1) is 11.8 Å². The van der Waals surface area contributed by atoms with Crippen LogP contribution in [0.25, 0.3) is 0 Å². The molecule has 1 spiro atoms. The Bertz CT molecular complexity index is 401. The number of ketones is 1. The van der Waals surface area contributed by atoms with Gasteiger partial charge >= 0.3 is 0 Å². The fourth-order valence-electron chi connectivity index (χ4n) is 3.98. The number of ether oxygens (including phenoxy) is 3. The smallest absolute Gasteiger partial charge is 0.162 e. The molecule has 0 amide bonds. The third kappa shape index (κ3) is 2.22. The summed E-state index contributed by atoms with van der Waals surface area (Å²) in [4.78, 5) is 12.2. The first-order valence-corrected chi connectivity index (χ1v) is 7.80. The molecule has 3 fully saturated rings. The van der Waals surface area contributed by atoms with Gasteiger partial charge in [0.1, 0.15) is 17.3 Å². The third-order valence-corrected chi connectivity index (χ3v) is 5.35. The van der Waals surface area contributed by atoms with E-state index < -0.39 is 0 Å². The number of hydrogen-bond donors (Lipinski definition) is 0. The second-order valence-electron chi connectivity index (χ2n) is 7.22. The predicted molar refractivity (Wildman–Crippen MR) is 74.6 cm³/mol. The first-order chi connectivity index (χ1) is 9.43. The van der Waals surface area contributed by atoms with E-state index in [2.05, 4.69) is 20.8 Å². The largest absolute Gasteiger partial charge is 0.373 e. The van der Waals surface area contributed by atoms with E-state index in [-0.39, 0.29) is 35.1 Å². The quantitative estimate of drug-likeness (QED) is 0.726. The van der Waals surface area contributed by atoms with Gasteiger partial charge in [0.05, 0.1) is 18.6 Å². The summed E-state index contributed by atoms with van der Waals surface area (Å²) in [6.45, 7) is 7.35. The molecular formula is C16H26O4. The summed E-state index contributed by atoms with van der Waals surface area (Å²) in [5.74, 6) is 0.942. The number of hydrogen-bond acceptors (Lipinski definition) is 4. The summed E-state index contributed by atoms with van der Waals surface area (Å²) in [6.07, 6.45) is 3.51. The fraction of sp³-hybridized carbons (Fsp3) is 0.938. The highest BCUT2D eigenvalue weighted by Crippen LogP contribution is 2.58. The molecule has 0 N–H and O–H groups in total. The number of methoxy groups -OCH3 is 1. The van der Waals surface area contributed by atoms with Crippen molar-refractivity contribution >= 4 is 5.78 Å². The van der Waals surface area contributed by atoms with Gasteiger partial charge in [-0.15, -0.1) is 0 Å². The molecule has 5 atom stereocenters. The summed E-state index contributed by atoms with van der Waals surface area (Å²) >= 11 is 0. The van der Waals surface area contributed by atoms with Gasteiger partial charge in [0.2, 0.25) is 0 Å². The van der Waals surface area contributed by atoms with Gasteiger partial charge in [0, 0.05) is 13.5 Å². The molecule has 1 saturated carbocycles. The van der Waals surface area contributed by atoms with Crippen LogP contribution >= 0.6 is 0 Å². The van der Waals surface area contributed by atoms with Crippen LogP contribution in [0.1, 0.15) is 46.5 Å². The second-order valence-corrected chi connectivity index (χ2v) is 7.22. The lowest BCUT2D eigenvalue weighted by atomic mass is 9.68. The van der Waals surface area contributed by atoms with E-state index in [1.807, 2.05) is 0 Å². The van der Waals surface area contributed by atoms with Crippen LogP contribution < -0.4 is 0 Å². The highest BCUT2D eigenvalue weighted by molar-refractivity contribution is 5.85. The minimum atomic E-state index is -0.361. The highest BCUT2D eigenvalue weighted by atomic mass is 16.6. The Hall–Kier alpha value is -0.450. The van der Waals surface area contributed by atoms with E-state index in [1.165, 1.54) is 0 Å². The van der Waals surface area contributed by atoms with Crippen molar-refractivity contribution in [3.63, 3.8) is 0 Å². The van der Waals surface area contributed by atoms with Crippen molar-refractivity contribution in [2.24, 2.45) is 11.8 Å². The van der Waals surface area contributed by atoms with E-state index in [4.69, 9.17) is 14.2 Å². The maximum Gasteiger partial charge on any atom is 0.162 e. The Labute approximate surface area is 121 Å². The lowest BCUT2D eigenvalue weighted by molar-refractivity contribution is -0.142. The van der Waals surface area contributed by atoms with Crippen LogP contribution in [0.15, 0.2) is 0 Å². The Kier molecular flexibility index (Phi) is 3.47. The zero-order valence-electron chi connectivity index (χ0n) is 13.0. The molecule has 1 aliphatic carbocycles. The summed E-state index contributed by atoms with van der Waals surface area (Å²) in [6, 6.07) is 0. The molecule has 20 heavy (non-hydrogen) atoms. The van der Waals surface area contributed by atoms with Crippen molar-refractivity contribution in [2.45, 2.75) is 69.9 Å². The SMILES string of the molecule is CO[C@@H]1C(=O)CC[C@]2(CO2)[C@H]1[C@@]1(C)O[C@@H]1CCC(C)C. The fourth-order valence-corrected chi connectivity index (χ4v) is 3.98. The third-order valence-electron chi connectivity index (χ3n) is 5.35. The maximum absolute atomic E-state index is 12.2.